The Morgan fingerprint density at radius 2 is 1.94 bits per heavy atom. The van der Waals surface area contributed by atoms with Crippen molar-refractivity contribution >= 4 is 28.9 Å². The Labute approximate surface area is 108 Å². The van der Waals surface area contributed by atoms with Crippen LogP contribution in [0.4, 0.5) is 18.9 Å². The number of halogens is 5. The molecular weight excluding hydrogens is 274 g/mol. The fourth-order valence-electron chi connectivity index (χ4n) is 1.47. The Morgan fingerprint density at radius 1 is 1.29 bits per heavy atom. The second-order valence-electron chi connectivity index (χ2n) is 3.55. The zero-order chi connectivity index (χ0) is 13.1. The van der Waals surface area contributed by atoms with Crippen molar-refractivity contribution in [2.24, 2.45) is 0 Å². The van der Waals surface area contributed by atoms with Crippen molar-refractivity contribution in [1.82, 2.24) is 0 Å². The van der Waals surface area contributed by atoms with E-state index in [0.717, 1.165) is 5.56 Å². The number of alkyl halides is 4. The summed E-state index contributed by atoms with van der Waals surface area (Å²) < 4.78 is 37.0. The van der Waals surface area contributed by atoms with Crippen molar-refractivity contribution in [2.45, 2.75) is 19.0 Å². The summed E-state index contributed by atoms with van der Waals surface area (Å²) in [6, 6.07) is 4.82. The molecule has 0 bridgehead atoms. The highest BCUT2D eigenvalue weighted by atomic mass is 35.5. The van der Waals surface area contributed by atoms with E-state index in [0.29, 0.717) is 5.69 Å². The van der Waals surface area contributed by atoms with Crippen LogP contribution in [0, 0.1) is 0 Å². The fraction of sp³-hybridized carbons (Fsp3) is 0.455. The number of anilines is 1. The molecule has 1 aromatic rings. The van der Waals surface area contributed by atoms with Crippen LogP contribution in [0.15, 0.2) is 18.2 Å². The van der Waals surface area contributed by atoms with Gasteiger partial charge in [0.1, 0.15) is 6.54 Å². The third kappa shape index (κ3) is 4.28. The summed E-state index contributed by atoms with van der Waals surface area (Å²) in [6.45, 7) is 0.875. The average Bonchev–Trinajstić information content (AvgIpc) is 2.24. The van der Waals surface area contributed by atoms with Crippen LogP contribution in [0.2, 0.25) is 5.02 Å². The van der Waals surface area contributed by atoms with Crippen LogP contribution in [0.3, 0.4) is 0 Å². The highest BCUT2D eigenvalue weighted by Gasteiger charge is 2.30. The summed E-state index contributed by atoms with van der Waals surface area (Å²) in [7, 11) is 0. The quantitative estimate of drug-likeness (QED) is 0.738. The van der Waals surface area contributed by atoms with Crippen LogP contribution >= 0.6 is 23.2 Å². The predicted molar refractivity (Wildman–Crippen MR) is 65.0 cm³/mol. The summed E-state index contributed by atoms with van der Waals surface area (Å²) in [5.74, 6) is 0.283. The van der Waals surface area contributed by atoms with E-state index in [1.165, 1.54) is 4.90 Å². The van der Waals surface area contributed by atoms with Crippen LogP contribution in [0.1, 0.15) is 12.5 Å². The van der Waals surface area contributed by atoms with Crippen molar-refractivity contribution < 1.29 is 13.2 Å². The fourth-order valence-corrected chi connectivity index (χ4v) is 1.96. The SMILES string of the molecule is CCN(CC(F)(F)F)c1ccc(CCl)cc1Cl. The van der Waals surface area contributed by atoms with Crippen molar-refractivity contribution in [1.29, 1.82) is 0 Å². The van der Waals surface area contributed by atoms with E-state index < -0.39 is 12.7 Å². The van der Waals surface area contributed by atoms with E-state index in [1.807, 2.05) is 0 Å². The van der Waals surface area contributed by atoms with Crippen molar-refractivity contribution in [3.05, 3.63) is 28.8 Å². The van der Waals surface area contributed by atoms with E-state index in [4.69, 9.17) is 23.2 Å². The molecule has 6 heteroatoms. The van der Waals surface area contributed by atoms with Gasteiger partial charge in [0, 0.05) is 12.4 Å². The molecule has 0 amide bonds. The largest absolute Gasteiger partial charge is 0.405 e. The lowest BCUT2D eigenvalue weighted by Gasteiger charge is -2.25. The molecule has 0 aliphatic carbocycles. The van der Waals surface area contributed by atoms with Gasteiger partial charge in [0.2, 0.25) is 0 Å². The molecule has 0 saturated heterocycles. The number of nitrogens with zero attached hydrogens (tertiary/aromatic N) is 1. The first-order valence-corrected chi connectivity index (χ1v) is 5.94. The lowest BCUT2D eigenvalue weighted by molar-refractivity contribution is -0.119. The minimum absolute atomic E-state index is 0.236. The second-order valence-corrected chi connectivity index (χ2v) is 4.22. The molecular formula is C11H12Cl2F3N. The third-order valence-corrected chi connectivity index (χ3v) is 2.87. The topological polar surface area (TPSA) is 3.24 Å². The molecule has 17 heavy (non-hydrogen) atoms. The summed E-state index contributed by atoms with van der Waals surface area (Å²) >= 11 is 11.6. The molecule has 0 N–H and O–H groups in total. The van der Waals surface area contributed by atoms with E-state index in [1.54, 1.807) is 25.1 Å². The van der Waals surface area contributed by atoms with Crippen LogP contribution in [0.5, 0.6) is 0 Å². The maximum atomic E-state index is 12.3. The molecule has 1 aromatic carbocycles. The molecule has 0 aliphatic heterocycles. The smallest absolute Gasteiger partial charge is 0.362 e. The van der Waals surface area contributed by atoms with Crippen LogP contribution in [-0.4, -0.2) is 19.3 Å². The highest BCUT2D eigenvalue weighted by Crippen LogP contribution is 2.29. The molecule has 0 radical (unpaired) electrons. The molecule has 0 fully saturated rings. The minimum Gasteiger partial charge on any atom is -0.362 e. The highest BCUT2D eigenvalue weighted by molar-refractivity contribution is 6.33. The summed E-state index contributed by atoms with van der Waals surface area (Å²) in [5.41, 5.74) is 1.16. The molecule has 0 aliphatic rings. The summed E-state index contributed by atoms with van der Waals surface area (Å²) in [4.78, 5) is 1.18. The Balaban J connectivity index is 2.96. The number of hydrogen-bond donors (Lipinski definition) is 0. The molecule has 0 spiro atoms. The van der Waals surface area contributed by atoms with Crippen molar-refractivity contribution in [3.63, 3.8) is 0 Å². The van der Waals surface area contributed by atoms with Gasteiger partial charge in [-0.2, -0.15) is 13.2 Å². The predicted octanol–water partition coefficient (Wildman–Crippen LogP) is 4.47. The van der Waals surface area contributed by atoms with Gasteiger partial charge in [-0.05, 0) is 24.6 Å². The monoisotopic (exact) mass is 285 g/mol. The summed E-state index contributed by atoms with van der Waals surface area (Å²) in [6.07, 6.45) is -4.25. The van der Waals surface area contributed by atoms with Gasteiger partial charge in [-0.25, -0.2) is 0 Å². The van der Waals surface area contributed by atoms with Gasteiger partial charge < -0.3 is 4.90 Å². The zero-order valence-corrected chi connectivity index (χ0v) is 10.7. The van der Waals surface area contributed by atoms with Gasteiger partial charge in [0.05, 0.1) is 10.7 Å². The molecule has 1 rings (SSSR count). The van der Waals surface area contributed by atoms with E-state index in [2.05, 4.69) is 0 Å². The van der Waals surface area contributed by atoms with Gasteiger partial charge >= 0.3 is 6.18 Å². The number of hydrogen-bond acceptors (Lipinski definition) is 1. The Bertz CT molecular complexity index is 379. The first-order valence-electron chi connectivity index (χ1n) is 5.03. The Kier molecular flexibility index (Phi) is 4.95. The molecule has 0 aromatic heterocycles. The van der Waals surface area contributed by atoms with E-state index in [9.17, 15) is 13.2 Å². The normalized spacial score (nSPS) is 11.6. The maximum Gasteiger partial charge on any atom is 0.405 e. The van der Waals surface area contributed by atoms with E-state index >= 15 is 0 Å². The van der Waals surface area contributed by atoms with Gasteiger partial charge in [-0.3, -0.25) is 0 Å². The molecule has 0 unspecified atom stereocenters. The molecule has 0 atom stereocenters. The first kappa shape index (κ1) is 14.5. The standard InChI is InChI=1S/C11H12Cl2F3N/c1-2-17(7-11(14,15)16)10-4-3-8(6-12)5-9(10)13/h3-5H,2,6-7H2,1H3. The van der Waals surface area contributed by atoms with Crippen molar-refractivity contribution in [2.75, 3.05) is 18.0 Å². The molecule has 0 saturated carbocycles. The number of benzene rings is 1. The first-order chi connectivity index (χ1) is 7.87. The Hall–Kier alpha value is -0.610. The van der Waals surface area contributed by atoms with E-state index in [-0.39, 0.29) is 17.4 Å². The van der Waals surface area contributed by atoms with Crippen LogP contribution < -0.4 is 4.90 Å². The Morgan fingerprint density at radius 3 is 2.35 bits per heavy atom. The van der Waals surface area contributed by atoms with Gasteiger partial charge in [-0.1, -0.05) is 17.7 Å². The molecule has 1 nitrogen and oxygen atoms in total. The van der Waals surface area contributed by atoms with Gasteiger partial charge in [0.25, 0.3) is 0 Å². The minimum atomic E-state index is -4.25. The maximum absolute atomic E-state index is 12.3. The van der Waals surface area contributed by atoms with Crippen LogP contribution in [0.25, 0.3) is 0 Å². The van der Waals surface area contributed by atoms with Gasteiger partial charge in [0.15, 0.2) is 0 Å². The second kappa shape index (κ2) is 5.83. The van der Waals surface area contributed by atoms with Crippen LogP contribution in [-0.2, 0) is 5.88 Å². The lowest BCUT2D eigenvalue weighted by Crippen LogP contribution is -2.34. The molecule has 0 heterocycles. The summed E-state index contributed by atoms with van der Waals surface area (Å²) in [5, 5.41) is 0.286. The average molecular weight is 286 g/mol. The molecule has 96 valence electrons. The number of rotatable bonds is 4. The zero-order valence-electron chi connectivity index (χ0n) is 9.19. The third-order valence-electron chi connectivity index (χ3n) is 2.26. The lowest BCUT2D eigenvalue weighted by atomic mass is 10.2. The van der Waals surface area contributed by atoms with Crippen molar-refractivity contribution in [3.8, 4) is 0 Å². The van der Waals surface area contributed by atoms with Gasteiger partial charge in [-0.15, -0.1) is 11.6 Å².